The molecule has 1 amide bonds. The maximum Gasteiger partial charge on any atom is 0.264 e. The average molecular weight is 261 g/mol. The molecule has 1 atom stereocenters. The number of nitrogens with zero attached hydrogens (tertiary/aromatic N) is 1. The van der Waals surface area contributed by atoms with Crippen LogP contribution < -0.4 is 4.90 Å². The molecule has 102 valence electrons. The number of aliphatic hydroxyl groups is 1. The number of Topliss-reactive ketones (excluding diaryl/α,β-unsaturated/α-hetero) is 1. The second-order valence-electron chi connectivity index (χ2n) is 5.22. The van der Waals surface area contributed by atoms with Crippen LogP contribution >= 0.6 is 0 Å². The highest BCUT2D eigenvalue weighted by molar-refractivity contribution is 6.08. The van der Waals surface area contributed by atoms with Gasteiger partial charge in [0.15, 0.2) is 5.60 Å². The first-order valence-corrected chi connectivity index (χ1v) is 6.55. The summed E-state index contributed by atoms with van der Waals surface area (Å²) in [6.07, 6.45) is 0.637. The second kappa shape index (κ2) is 4.78. The molecule has 0 spiro atoms. The van der Waals surface area contributed by atoms with E-state index in [2.05, 4.69) is 0 Å². The number of hydrogen-bond donors (Lipinski definition) is 1. The first-order chi connectivity index (χ1) is 8.90. The highest BCUT2D eigenvalue weighted by atomic mass is 16.3. The lowest BCUT2D eigenvalue weighted by atomic mass is 9.89. The molecule has 1 N–H and O–H groups in total. The third kappa shape index (κ3) is 2.16. The molecule has 2 rings (SSSR count). The lowest BCUT2D eigenvalue weighted by molar-refractivity contribution is -0.141. The van der Waals surface area contributed by atoms with Crippen molar-refractivity contribution >= 4 is 17.4 Å². The third-order valence-electron chi connectivity index (χ3n) is 3.44. The van der Waals surface area contributed by atoms with Crippen LogP contribution in [0, 0.1) is 6.92 Å². The van der Waals surface area contributed by atoms with Crippen LogP contribution in [-0.2, 0) is 15.2 Å². The van der Waals surface area contributed by atoms with Gasteiger partial charge in [-0.05, 0) is 26.3 Å². The summed E-state index contributed by atoms with van der Waals surface area (Å²) in [4.78, 5) is 25.4. The van der Waals surface area contributed by atoms with Crippen molar-refractivity contribution < 1.29 is 14.7 Å². The van der Waals surface area contributed by atoms with E-state index in [1.54, 1.807) is 11.0 Å². The van der Waals surface area contributed by atoms with Crippen LogP contribution in [0.2, 0.25) is 0 Å². The fourth-order valence-electron chi connectivity index (χ4n) is 2.64. The monoisotopic (exact) mass is 261 g/mol. The van der Waals surface area contributed by atoms with E-state index in [4.69, 9.17) is 0 Å². The van der Waals surface area contributed by atoms with Crippen molar-refractivity contribution in [1.82, 2.24) is 0 Å². The lowest BCUT2D eigenvalue weighted by Gasteiger charge is -2.21. The Bertz CT molecular complexity index is 538. The van der Waals surface area contributed by atoms with E-state index in [1.807, 2.05) is 26.0 Å². The Hall–Kier alpha value is -1.68. The minimum absolute atomic E-state index is 0.164. The van der Waals surface area contributed by atoms with E-state index in [1.165, 1.54) is 6.92 Å². The van der Waals surface area contributed by atoms with Gasteiger partial charge in [-0.1, -0.05) is 24.6 Å². The van der Waals surface area contributed by atoms with E-state index >= 15 is 0 Å². The first-order valence-electron chi connectivity index (χ1n) is 6.55. The zero-order valence-corrected chi connectivity index (χ0v) is 11.6. The zero-order chi connectivity index (χ0) is 14.2. The van der Waals surface area contributed by atoms with E-state index in [-0.39, 0.29) is 18.1 Å². The molecule has 0 aromatic heterocycles. The van der Waals surface area contributed by atoms with Gasteiger partial charge >= 0.3 is 0 Å². The summed E-state index contributed by atoms with van der Waals surface area (Å²) in [6.45, 7) is 5.82. The summed E-state index contributed by atoms with van der Waals surface area (Å²) in [5.74, 6) is -0.577. The van der Waals surface area contributed by atoms with Gasteiger partial charge in [-0.2, -0.15) is 0 Å². The number of fused-ring (bicyclic) bond motifs is 1. The highest BCUT2D eigenvalue weighted by Gasteiger charge is 2.49. The molecule has 0 radical (unpaired) electrons. The van der Waals surface area contributed by atoms with Gasteiger partial charge in [0.2, 0.25) is 0 Å². The molecule has 0 saturated heterocycles. The first kappa shape index (κ1) is 13.7. The van der Waals surface area contributed by atoms with Crippen molar-refractivity contribution in [3.05, 3.63) is 29.3 Å². The van der Waals surface area contributed by atoms with Crippen LogP contribution in [0.4, 0.5) is 5.69 Å². The van der Waals surface area contributed by atoms with Crippen LogP contribution in [0.25, 0.3) is 0 Å². The van der Waals surface area contributed by atoms with Crippen molar-refractivity contribution in [2.24, 2.45) is 0 Å². The van der Waals surface area contributed by atoms with Crippen LogP contribution in [0.3, 0.4) is 0 Å². The number of aryl methyl sites for hydroxylation is 1. The maximum atomic E-state index is 12.4. The Balaban J connectivity index is 2.56. The molecule has 19 heavy (non-hydrogen) atoms. The summed E-state index contributed by atoms with van der Waals surface area (Å²) >= 11 is 0. The van der Waals surface area contributed by atoms with Gasteiger partial charge in [0.1, 0.15) is 5.78 Å². The Kier molecular flexibility index (Phi) is 3.45. The minimum Gasteiger partial charge on any atom is -0.375 e. The Morgan fingerprint density at radius 2 is 2.11 bits per heavy atom. The number of anilines is 1. The number of rotatable bonds is 4. The Morgan fingerprint density at radius 3 is 2.68 bits per heavy atom. The van der Waals surface area contributed by atoms with E-state index in [0.717, 1.165) is 17.7 Å². The number of hydrogen-bond acceptors (Lipinski definition) is 3. The quantitative estimate of drug-likeness (QED) is 0.900. The van der Waals surface area contributed by atoms with Crippen molar-refractivity contribution in [1.29, 1.82) is 0 Å². The Morgan fingerprint density at radius 1 is 1.42 bits per heavy atom. The van der Waals surface area contributed by atoms with Crippen molar-refractivity contribution in [2.75, 3.05) is 11.4 Å². The summed E-state index contributed by atoms with van der Waals surface area (Å²) in [7, 11) is 0. The van der Waals surface area contributed by atoms with Crippen LogP contribution in [-0.4, -0.2) is 23.3 Å². The maximum absolute atomic E-state index is 12.4. The molecule has 1 aromatic carbocycles. The van der Waals surface area contributed by atoms with Gasteiger partial charge in [0.05, 0.1) is 5.69 Å². The van der Waals surface area contributed by atoms with Gasteiger partial charge in [0.25, 0.3) is 5.91 Å². The van der Waals surface area contributed by atoms with Gasteiger partial charge < -0.3 is 10.0 Å². The average Bonchev–Trinajstić information content (AvgIpc) is 2.51. The molecular weight excluding hydrogens is 242 g/mol. The molecule has 4 nitrogen and oxygen atoms in total. The third-order valence-corrected chi connectivity index (χ3v) is 3.44. The fraction of sp³-hybridized carbons (Fsp3) is 0.467. The van der Waals surface area contributed by atoms with Gasteiger partial charge in [-0.15, -0.1) is 0 Å². The molecule has 0 aliphatic carbocycles. The van der Waals surface area contributed by atoms with Crippen LogP contribution in [0.1, 0.15) is 37.8 Å². The van der Waals surface area contributed by atoms with Crippen molar-refractivity contribution in [3.8, 4) is 0 Å². The topological polar surface area (TPSA) is 57.6 Å². The molecule has 0 fully saturated rings. The SMILES string of the molecule is CCCN1C(=O)C(O)(CC(C)=O)c2cc(C)ccc21. The summed E-state index contributed by atoms with van der Waals surface area (Å²) in [5.41, 5.74) is 0.553. The highest BCUT2D eigenvalue weighted by Crippen LogP contribution is 2.42. The molecule has 0 saturated carbocycles. The van der Waals surface area contributed by atoms with Crippen LogP contribution in [0.15, 0.2) is 18.2 Å². The fourth-order valence-corrected chi connectivity index (χ4v) is 2.64. The summed E-state index contributed by atoms with van der Waals surface area (Å²) < 4.78 is 0. The summed E-state index contributed by atoms with van der Waals surface area (Å²) in [5, 5.41) is 10.7. The number of ketones is 1. The van der Waals surface area contributed by atoms with Crippen molar-refractivity contribution in [3.63, 3.8) is 0 Å². The predicted molar refractivity (Wildman–Crippen MR) is 73.0 cm³/mol. The molecule has 1 aromatic rings. The van der Waals surface area contributed by atoms with E-state index in [0.29, 0.717) is 12.1 Å². The molecule has 1 aliphatic heterocycles. The van der Waals surface area contributed by atoms with Gasteiger partial charge in [-0.25, -0.2) is 0 Å². The second-order valence-corrected chi connectivity index (χ2v) is 5.22. The van der Waals surface area contributed by atoms with Crippen molar-refractivity contribution in [2.45, 2.75) is 39.2 Å². The lowest BCUT2D eigenvalue weighted by Crippen LogP contribution is -2.41. The molecule has 1 unspecified atom stereocenters. The Labute approximate surface area is 113 Å². The minimum atomic E-state index is -1.69. The number of carbonyl (C=O) groups excluding carboxylic acids is 2. The van der Waals surface area contributed by atoms with Gasteiger partial charge in [0, 0.05) is 18.5 Å². The number of benzene rings is 1. The number of amides is 1. The van der Waals surface area contributed by atoms with Crippen LogP contribution in [0.5, 0.6) is 0 Å². The standard InChI is InChI=1S/C15H19NO3/c1-4-7-16-13-6-5-10(2)8-12(13)15(19,14(16)18)9-11(3)17/h5-6,8,19H,4,7,9H2,1-3H3. The predicted octanol–water partition coefficient (Wildman–Crippen LogP) is 1.92. The normalized spacial score (nSPS) is 21.7. The van der Waals surface area contributed by atoms with Gasteiger partial charge in [-0.3, -0.25) is 9.59 Å². The van der Waals surface area contributed by atoms with E-state index < -0.39 is 5.60 Å². The molecule has 1 heterocycles. The van der Waals surface area contributed by atoms with E-state index in [9.17, 15) is 14.7 Å². The zero-order valence-electron chi connectivity index (χ0n) is 11.6. The largest absolute Gasteiger partial charge is 0.375 e. The molecular formula is C15H19NO3. The number of carbonyl (C=O) groups is 2. The molecule has 0 bridgehead atoms. The smallest absolute Gasteiger partial charge is 0.264 e. The molecule has 1 aliphatic rings. The molecule has 4 heteroatoms. The summed E-state index contributed by atoms with van der Waals surface area (Å²) in [6, 6.07) is 5.55.